The highest BCUT2D eigenvalue weighted by Crippen LogP contribution is 2.37. The van der Waals surface area contributed by atoms with Crippen LogP contribution in [0.1, 0.15) is 58.1 Å². The van der Waals surface area contributed by atoms with E-state index in [1.54, 1.807) is 0 Å². The second-order valence-corrected chi connectivity index (χ2v) is 8.26. The van der Waals surface area contributed by atoms with Crippen molar-refractivity contribution in [3.8, 4) is 0 Å². The molecule has 1 saturated heterocycles. The van der Waals surface area contributed by atoms with Gasteiger partial charge >= 0.3 is 0 Å². The van der Waals surface area contributed by atoms with Crippen LogP contribution in [0, 0.1) is 12.3 Å². The monoisotopic (exact) mass is 485 g/mol. The number of hydrogen-bond acceptors (Lipinski definition) is 3. The van der Waals surface area contributed by atoms with E-state index in [-0.39, 0.29) is 24.0 Å². The molecule has 1 aliphatic heterocycles. The summed E-state index contributed by atoms with van der Waals surface area (Å²) in [7, 11) is 0. The summed E-state index contributed by atoms with van der Waals surface area (Å²) in [5.41, 5.74) is 1.49. The first-order valence-electron chi connectivity index (χ1n) is 10.3. The summed E-state index contributed by atoms with van der Waals surface area (Å²) in [5.74, 6) is 2.10. The van der Waals surface area contributed by atoms with Gasteiger partial charge in [-0.25, -0.2) is 4.98 Å². The van der Waals surface area contributed by atoms with E-state index in [9.17, 15) is 0 Å². The van der Waals surface area contributed by atoms with Crippen LogP contribution in [-0.2, 0) is 0 Å². The normalized spacial score (nSPS) is 20.3. The second-order valence-electron chi connectivity index (χ2n) is 8.26. The summed E-state index contributed by atoms with van der Waals surface area (Å²) in [4.78, 5) is 12.0. The van der Waals surface area contributed by atoms with Crippen LogP contribution in [-0.4, -0.2) is 43.2 Å². The van der Waals surface area contributed by atoms with Gasteiger partial charge in [0.1, 0.15) is 5.82 Å². The fraction of sp³-hybridized carbons (Fsp3) is 0.714. The molecule has 3 rings (SSSR count). The number of nitrogens with zero attached hydrogens (tertiary/aromatic N) is 3. The van der Waals surface area contributed by atoms with Crippen molar-refractivity contribution >= 4 is 35.8 Å². The van der Waals surface area contributed by atoms with Crippen molar-refractivity contribution < 1.29 is 0 Å². The van der Waals surface area contributed by atoms with Crippen molar-refractivity contribution in [1.29, 1.82) is 0 Å². The molecule has 0 bridgehead atoms. The number of aliphatic imine (C=N–C) groups is 1. The first kappa shape index (κ1) is 22.2. The smallest absolute Gasteiger partial charge is 0.191 e. The van der Waals surface area contributed by atoms with Gasteiger partial charge in [0.25, 0.3) is 0 Å². The average Bonchev–Trinajstić information content (AvgIpc) is 3.08. The van der Waals surface area contributed by atoms with Crippen LogP contribution in [0.25, 0.3) is 0 Å². The Bertz CT molecular complexity index is 604. The maximum absolute atomic E-state index is 4.92. The van der Waals surface area contributed by atoms with Gasteiger partial charge < -0.3 is 15.5 Å². The Balaban J connectivity index is 0.00000261. The molecule has 0 atom stereocenters. The van der Waals surface area contributed by atoms with Crippen molar-refractivity contribution in [3.05, 3.63) is 23.9 Å². The number of guanidine groups is 1. The van der Waals surface area contributed by atoms with Gasteiger partial charge in [0.15, 0.2) is 5.96 Å². The molecule has 0 amide bonds. The molecule has 5 nitrogen and oxygen atoms in total. The highest BCUT2D eigenvalue weighted by molar-refractivity contribution is 14.0. The van der Waals surface area contributed by atoms with Crippen molar-refractivity contribution in [3.63, 3.8) is 0 Å². The molecule has 27 heavy (non-hydrogen) atoms. The molecule has 0 radical (unpaired) electrons. The van der Waals surface area contributed by atoms with Gasteiger partial charge in [0.2, 0.25) is 0 Å². The van der Waals surface area contributed by atoms with E-state index >= 15 is 0 Å². The fourth-order valence-electron chi connectivity index (χ4n) is 4.13. The Labute approximate surface area is 181 Å². The molecule has 1 aromatic heterocycles. The number of pyridine rings is 1. The molecule has 0 unspecified atom stereocenters. The number of nitrogens with one attached hydrogen (secondary N) is 2. The maximum atomic E-state index is 4.92. The third-order valence-electron chi connectivity index (χ3n) is 5.81. The van der Waals surface area contributed by atoms with Crippen molar-refractivity contribution in [2.24, 2.45) is 10.4 Å². The molecule has 1 aliphatic carbocycles. The predicted molar refractivity (Wildman–Crippen MR) is 125 cm³/mol. The minimum atomic E-state index is 0. The minimum Gasteiger partial charge on any atom is -0.357 e. The molecule has 6 heteroatoms. The molecule has 1 saturated carbocycles. The van der Waals surface area contributed by atoms with E-state index in [4.69, 9.17) is 4.99 Å². The van der Waals surface area contributed by atoms with E-state index in [1.165, 1.54) is 25.7 Å². The number of hydrogen-bond donors (Lipinski definition) is 2. The molecule has 2 N–H and O–H groups in total. The van der Waals surface area contributed by atoms with Crippen molar-refractivity contribution in [1.82, 2.24) is 15.6 Å². The largest absolute Gasteiger partial charge is 0.357 e. The Morgan fingerprint density at radius 3 is 2.59 bits per heavy atom. The maximum Gasteiger partial charge on any atom is 0.191 e. The lowest BCUT2D eigenvalue weighted by Crippen LogP contribution is -2.49. The first-order chi connectivity index (χ1) is 12.6. The molecule has 0 aromatic carbocycles. The van der Waals surface area contributed by atoms with Gasteiger partial charge in [0.05, 0.1) is 0 Å². The van der Waals surface area contributed by atoms with E-state index in [0.29, 0.717) is 11.5 Å². The van der Waals surface area contributed by atoms with Gasteiger partial charge in [-0.2, -0.15) is 0 Å². The number of halogens is 1. The lowest BCUT2D eigenvalue weighted by molar-refractivity contribution is 0.349. The molecule has 2 aliphatic rings. The molecule has 2 heterocycles. The van der Waals surface area contributed by atoms with Crippen LogP contribution in [0.2, 0.25) is 0 Å². The summed E-state index contributed by atoms with van der Waals surface area (Å²) in [6.07, 6.45) is 7.60. The number of aryl methyl sites for hydroxylation is 1. The van der Waals surface area contributed by atoms with E-state index in [0.717, 1.165) is 56.5 Å². The minimum absolute atomic E-state index is 0. The van der Waals surface area contributed by atoms with E-state index in [2.05, 4.69) is 59.5 Å². The summed E-state index contributed by atoms with van der Waals surface area (Å²) in [6.45, 7) is 10.5. The zero-order valence-electron chi connectivity index (χ0n) is 17.1. The standard InChI is InChI=1S/C21H35N5.HI/c1-4-22-20(23-16-21(3)12-5-6-13-21)25-18-10-14-26(15-11-18)19-9-7-8-17(2)24-19;/h7-9,18H,4-6,10-16H2,1-3H3,(H2,22,23,25);1H. The Morgan fingerprint density at radius 2 is 1.96 bits per heavy atom. The topological polar surface area (TPSA) is 52.6 Å². The van der Waals surface area contributed by atoms with Crippen LogP contribution < -0.4 is 15.5 Å². The van der Waals surface area contributed by atoms with E-state index < -0.39 is 0 Å². The Morgan fingerprint density at radius 1 is 1.26 bits per heavy atom. The third kappa shape index (κ3) is 6.50. The summed E-state index contributed by atoms with van der Waals surface area (Å²) in [6, 6.07) is 6.77. The van der Waals surface area contributed by atoms with E-state index in [1.807, 2.05) is 0 Å². The average molecular weight is 485 g/mol. The molecule has 1 aromatic rings. The van der Waals surface area contributed by atoms with Crippen LogP contribution in [0.4, 0.5) is 5.82 Å². The number of rotatable bonds is 5. The van der Waals surface area contributed by atoms with Crippen LogP contribution in [0.5, 0.6) is 0 Å². The second kappa shape index (κ2) is 10.5. The van der Waals surface area contributed by atoms with Gasteiger partial charge in [-0.1, -0.05) is 25.8 Å². The summed E-state index contributed by atoms with van der Waals surface area (Å²) in [5, 5.41) is 7.11. The van der Waals surface area contributed by atoms with Crippen molar-refractivity contribution in [2.75, 3.05) is 31.1 Å². The Hall–Kier alpha value is -1.05. The summed E-state index contributed by atoms with van der Waals surface area (Å²) < 4.78 is 0. The predicted octanol–water partition coefficient (Wildman–Crippen LogP) is 4.11. The van der Waals surface area contributed by atoms with Gasteiger partial charge in [-0.3, -0.25) is 4.99 Å². The molecule has 152 valence electrons. The number of aromatic nitrogens is 1. The van der Waals surface area contributed by atoms with Crippen LogP contribution in [0.15, 0.2) is 23.2 Å². The quantitative estimate of drug-likeness (QED) is 0.375. The third-order valence-corrected chi connectivity index (χ3v) is 5.81. The molecule has 0 spiro atoms. The fourth-order valence-corrected chi connectivity index (χ4v) is 4.13. The number of anilines is 1. The molecular formula is C21H36IN5. The zero-order valence-corrected chi connectivity index (χ0v) is 19.5. The highest BCUT2D eigenvalue weighted by atomic mass is 127. The highest BCUT2D eigenvalue weighted by Gasteiger charge is 2.28. The van der Waals surface area contributed by atoms with Crippen LogP contribution >= 0.6 is 24.0 Å². The lowest BCUT2D eigenvalue weighted by Gasteiger charge is -2.34. The molecule has 2 fully saturated rings. The lowest BCUT2D eigenvalue weighted by atomic mass is 9.89. The van der Waals surface area contributed by atoms with Crippen LogP contribution in [0.3, 0.4) is 0 Å². The molecular weight excluding hydrogens is 449 g/mol. The van der Waals surface area contributed by atoms with Crippen molar-refractivity contribution in [2.45, 2.75) is 65.3 Å². The number of piperidine rings is 1. The van der Waals surface area contributed by atoms with Gasteiger partial charge in [-0.15, -0.1) is 24.0 Å². The SMILES string of the molecule is CCNC(=NCC1(C)CCCC1)NC1CCN(c2cccc(C)n2)CC1.I. The zero-order chi connectivity index (χ0) is 18.4. The summed E-state index contributed by atoms with van der Waals surface area (Å²) >= 11 is 0. The first-order valence-corrected chi connectivity index (χ1v) is 10.3. The van der Waals surface area contributed by atoms with Gasteiger partial charge in [0, 0.05) is 37.9 Å². The van der Waals surface area contributed by atoms with Gasteiger partial charge in [-0.05, 0) is 57.1 Å². The Kier molecular flexibility index (Phi) is 8.63.